The molecule has 228 valence electrons. The molecule has 0 radical (unpaired) electrons. The molecule has 12 atom stereocenters. The Morgan fingerprint density at radius 2 is 1.80 bits per heavy atom. The van der Waals surface area contributed by atoms with Gasteiger partial charge >= 0.3 is 17.9 Å². The van der Waals surface area contributed by atoms with Gasteiger partial charge in [0.05, 0.1) is 31.3 Å². The van der Waals surface area contributed by atoms with Crippen molar-refractivity contribution >= 4 is 23.7 Å². The van der Waals surface area contributed by atoms with E-state index >= 15 is 0 Å². The number of methoxy groups -OCH3 is 1. The van der Waals surface area contributed by atoms with E-state index in [0.717, 1.165) is 7.11 Å². The highest BCUT2D eigenvalue weighted by molar-refractivity contribution is 6.05. The Hall–Kier alpha value is -2.38. The van der Waals surface area contributed by atoms with Crippen molar-refractivity contribution in [1.29, 1.82) is 0 Å². The second-order valence-electron chi connectivity index (χ2n) is 13.1. The van der Waals surface area contributed by atoms with Crippen molar-refractivity contribution in [2.45, 2.75) is 95.1 Å². The van der Waals surface area contributed by atoms with Crippen LogP contribution in [0.3, 0.4) is 0 Å². The molecule has 1 saturated heterocycles. The summed E-state index contributed by atoms with van der Waals surface area (Å²) >= 11 is 0. The maximum atomic E-state index is 13.4. The number of epoxide rings is 1. The molecule has 41 heavy (non-hydrogen) atoms. The number of aliphatic hydroxyl groups excluding tert-OH is 2. The highest BCUT2D eigenvalue weighted by Crippen LogP contribution is 2.79. The Labute approximate surface area is 238 Å². The molecule has 0 aromatic heterocycles. The number of carbonyl (C=O) groups excluding carboxylic acids is 4. The summed E-state index contributed by atoms with van der Waals surface area (Å²) in [6, 6.07) is 0. The summed E-state index contributed by atoms with van der Waals surface area (Å²) in [5, 5.41) is 47.1. The number of aliphatic hydroxyl groups is 4. The molecule has 0 bridgehead atoms. The van der Waals surface area contributed by atoms with Crippen molar-refractivity contribution in [3.8, 4) is 0 Å². The molecule has 0 aromatic rings. The second-order valence-corrected chi connectivity index (χ2v) is 13.1. The van der Waals surface area contributed by atoms with Crippen LogP contribution in [0.15, 0.2) is 11.6 Å². The van der Waals surface area contributed by atoms with Gasteiger partial charge < -0.3 is 39.4 Å². The van der Waals surface area contributed by atoms with Gasteiger partial charge in [0, 0.05) is 29.1 Å². The quantitative estimate of drug-likeness (QED) is 0.135. The summed E-state index contributed by atoms with van der Waals surface area (Å²) in [7, 11) is 1.12. The number of carbonyl (C=O) groups is 4. The number of ketones is 1. The zero-order valence-electron chi connectivity index (χ0n) is 24.4. The lowest BCUT2D eigenvalue weighted by atomic mass is 9.58. The van der Waals surface area contributed by atoms with Crippen LogP contribution in [0.25, 0.3) is 0 Å². The summed E-state index contributed by atoms with van der Waals surface area (Å²) in [5.74, 6) is -8.16. The third-order valence-electron chi connectivity index (χ3n) is 11.0. The molecule has 1 heterocycles. The van der Waals surface area contributed by atoms with E-state index in [0.29, 0.717) is 6.42 Å². The van der Waals surface area contributed by atoms with E-state index in [1.807, 2.05) is 6.92 Å². The van der Waals surface area contributed by atoms with E-state index in [4.69, 9.17) is 14.2 Å². The van der Waals surface area contributed by atoms with Gasteiger partial charge in [-0.25, -0.2) is 0 Å². The monoisotopic (exact) mass is 580 g/mol. The van der Waals surface area contributed by atoms with Crippen LogP contribution in [-0.2, 0) is 38.1 Å². The summed E-state index contributed by atoms with van der Waals surface area (Å²) in [6.07, 6.45) is -3.09. The zero-order chi connectivity index (χ0) is 30.7. The lowest BCUT2D eigenvalue weighted by molar-refractivity contribution is -0.251. The van der Waals surface area contributed by atoms with Gasteiger partial charge in [0.2, 0.25) is 0 Å². The van der Waals surface area contributed by atoms with E-state index in [1.165, 1.54) is 19.9 Å². The third kappa shape index (κ3) is 3.45. The van der Waals surface area contributed by atoms with E-state index < -0.39 is 112 Å². The predicted molar refractivity (Wildman–Crippen MR) is 138 cm³/mol. The molecule has 8 unspecified atom stereocenters. The average molecular weight is 581 g/mol. The molecular weight excluding hydrogens is 540 g/mol. The number of rotatable bonds is 7. The molecule has 4 N–H and O–H groups in total. The van der Waals surface area contributed by atoms with Gasteiger partial charge in [0.25, 0.3) is 0 Å². The molecule has 0 aromatic carbocycles. The van der Waals surface area contributed by atoms with E-state index in [1.54, 1.807) is 20.8 Å². The minimum atomic E-state index is -2.32. The van der Waals surface area contributed by atoms with Gasteiger partial charge in [-0.3, -0.25) is 19.2 Å². The zero-order valence-corrected chi connectivity index (χ0v) is 24.4. The van der Waals surface area contributed by atoms with Crippen molar-refractivity contribution < 1.29 is 58.6 Å². The molecule has 4 aliphatic carbocycles. The summed E-state index contributed by atoms with van der Waals surface area (Å²) in [5.41, 5.74) is -8.58. The van der Waals surface area contributed by atoms with Crippen LogP contribution in [0.5, 0.6) is 0 Å². The minimum Gasteiger partial charge on any atom is -0.469 e. The van der Waals surface area contributed by atoms with Gasteiger partial charge in [-0.15, -0.1) is 0 Å². The molecule has 4 fully saturated rings. The van der Waals surface area contributed by atoms with Crippen molar-refractivity contribution in [2.24, 2.45) is 35.0 Å². The van der Waals surface area contributed by atoms with E-state index in [2.05, 4.69) is 4.74 Å². The van der Waals surface area contributed by atoms with Crippen LogP contribution in [0, 0.1) is 35.0 Å². The van der Waals surface area contributed by atoms with Gasteiger partial charge in [-0.05, 0) is 18.9 Å². The van der Waals surface area contributed by atoms with Crippen LogP contribution in [0.4, 0.5) is 0 Å². The largest absolute Gasteiger partial charge is 0.469 e. The Balaban J connectivity index is 1.71. The molecule has 0 amide bonds. The number of esters is 3. The van der Waals surface area contributed by atoms with E-state index in [9.17, 15) is 39.6 Å². The molecule has 3 saturated carbocycles. The van der Waals surface area contributed by atoms with Gasteiger partial charge in [-0.1, -0.05) is 40.7 Å². The first-order valence-corrected chi connectivity index (χ1v) is 14.1. The van der Waals surface area contributed by atoms with Crippen LogP contribution in [-0.4, -0.2) is 98.6 Å². The molecule has 5 rings (SSSR count). The first-order valence-electron chi connectivity index (χ1n) is 14.1. The first-order chi connectivity index (χ1) is 19.0. The number of fused-ring (bicyclic) bond motifs is 7. The molecule has 12 nitrogen and oxygen atoms in total. The SMILES string of the molecule is CCC(C)C(=O)OC12C(OC(=O)CC(=O)OC)[C@@H](C)C3(O)[C@@H]4C=C(C)C(=O)C4(O)C4OC4(CO)C(O)[C@H]3[C@H]1C2(C)C. The molecule has 0 spiro atoms. The van der Waals surface area contributed by atoms with Crippen molar-refractivity contribution in [1.82, 2.24) is 0 Å². The lowest BCUT2D eigenvalue weighted by Gasteiger charge is -2.54. The Morgan fingerprint density at radius 3 is 2.37 bits per heavy atom. The number of Topliss-reactive ketones (excluding diaryl/α,β-unsaturated/α-hetero) is 1. The van der Waals surface area contributed by atoms with Crippen molar-refractivity contribution in [3.63, 3.8) is 0 Å². The molecular formula is C29H40O12. The number of hydrogen-bond donors (Lipinski definition) is 4. The van der Waals surface area contributed by atoms with Crippen LogP contribution < -0.4 is 0 Å². The second kappa shape index (κ2) is 9.06. The van der Waals surface area contributed by atoms with Crippen LogP contribution in [0.2, 0.25) is 0 Å². The molecule has 12 heteroatoms. The fourth-order valence-electron chi connectivity index (χ4n) is 8.48. The van der Waals surface area contributed by atoms with Gasteiger partial charge in [-0.2, -0.15) is 0 Å². The van der Waals surface area contributed by atoms with Gasteiger partial charge in [0.1, 0.15) is 24.2 Å². The number of ether oxygens (including phenoxy) is 4. The fourth-order valence-corrected chi connectivity index (χ4v) is 8.48. The summed E-state index contributed by atoms with van der Waals surface area (Å²) < 4.78 is 22.4. The van der Waals surface area contributed by atoms with Crippen molar-refractivity contribution in [3.05, 3.63) is 11.6 Å². The molecule has 1 aliphatic heterocycles. The van der Waals surface area contributed by atoms with Crippen LogP contribution >= 0.6 is 0 Å². The fraction of sp³-hybridized carbons (Fsp3) is 0.793. The summed E-state index contributed by atoms with van der Waals surface area (Å²) in [6.45, 7) is 9.29. The maximum Gasteiger partial charge on any atom is 0.317 e. The minimum absolute atomic E-state index is 0.171. The normalized spacial score (nSPS) is 47.3. The van der Waals surface area contributed by atoms with E-state index in [-0.39, 0.29) is 5.57 Å². The average Bonchev–Trinajstić information content (AvgIpc) is 3.76. The highest BCUT2D eigenvalue weighted by Gasteiger charge is 2.93. The lowest BCUT2D eigenvalue weighted by Crippen LogP contribution is -2.69. The van der Waals surface area contributed by atoms with Crippen LogP contribution in [0.1, 0.15) is 54.4 Å². The predicted octanol–water partition coefficient (Wildman–Crippen LogP) is -0.177. The molecule has 5 aliphatic rings. The smallest absolute Gasteiger partial charge is 0.317 e. The maximum absolute atomic E-state index is 13.4. The van der Waals surface area contributed by atoms with Gasteiger partial charge in [0.15, 0.2) is 17.0 Å². The topological polar surface area (TPSA) is 189 Å². The Bertz CT molecular complexity index is 1230. The number of hydrogen-bond acceptors (Lipinski definition) is 12. The summed E-state index contributed by atoms with van der Waals surface area (Å²) in [4.78, 5) is 51.6. The first kappa shape index (κ1) is 30.1. The third-order valence-corrected chi connectivity index (χ3v) is 11.0. The highest BCUT2D eigenvalue weighted by atomic mass is 16.7. The Morgan fingerprint density at radius 1 is 1.17 bits per heavy atom. The van der Waals surface area contributed by atoms with Crippen molar-refractivity contribution in [2.75, 3.05) is 13.7 Å². The Kier molecular flexibility index (Phi) is 6.65. The standard InChI is InChI=1S/C29H40O12/c1-8-12(2)23(35)40-29-19(25(29,5)6)18-21(34)26(11-30)24(41-26)28(37)15(9-13(3)20(28)33)27(18,36)14(4)22(29)39-17(32)10-16(31)38-7/h9,12,14-15,18-19,21-22,24,30,34,36-37H,8,10-11H2,1-7H3/t12?,14-,15+,18-,19+,21?,22?,24?,26?,27?,28?,29?/m1/s1.